The van der Waals surface area contributed by atoms with Crippen molar-refractivity contribution in [2.75, 3.05) is 6.26 Å². The molecule has 0 aromatic carbocycles. The molecule has 4 nitrogen and oxygen atoms in total. The molecule has 1 aromatic heterocycles. The average Bonchev–Trinajstić information content (AvgIpc) is 2.27. The lowest BCUT2D eigenvalue weighted by Crippen LogP contribution is -2.04. The van der Waals surface area contributed by atoms with Gasteiger partial charge in [-0.2, -0.15) is 5.10 Å². The summed E-state index contributed by atoms with van der Waals surface area (Å²) in [6.07, 6.45) is 2.81. The van der Waals surface area contributed by atoms with Gasteiger partial charge < -0.3 is 0 Å². The van der Waals surface area contributed by atoms with Crippen molar-refractivity contribution >= 4 is 9.84 Å². The Morgan fingerprint density at radius 1 is 1.50 bits per heavy atom. The minimum Gasteiger partial charge on any atom is -0.271 e. The maximum Gasteiger partial charge on any atom is 0.178 e. The summed E-state index contributed by atoms with van der Waals surface area (Å²) in [7, 11) is -3.13. The van der Waals surface area contributed by atoms with Crippen molar-refractivity contribution in [1.82, 2.24) is 9.78 Å². The predicted molar refractivity (Wildman–Crippen MR) is 54.9 cm³/mol. The SMILES string of the molecule is Cc1nn(CC(C)C)cc1S(C)(=O)=O. The van der Waals surface area contributed by atoms with Crippen LogP contribution in [0.25, 0.3) is 0 Å². The highest BCUT2D eigenvalue weighted by Gasteiger charge is 2.14. The summed E-state index contributed by atoms with van der Waals surface area (Å²) in [5, 5.41) is 4.15. The fraction of sp³-hybridized carbons (Fsp3) is 0.667. The molecular weight excluding hydrogens is 200 g/mol. The van der Waals surface area contributed by atoms with E-state index in [-0.39, 0.29) is 0 Å². The van der Waals surface area contributed by atoms with Gasteiger partial charge in [-0.1, -0.05) is 13.8 Å². The third-order valence-corrected chi connectivity index (χ3v) is 3.05. The zero-order valence-corrected chi connectivity index (χ0v) is 9.80. The number of nitrogens with zero attached hydrogens (tertiary/aromatic N) is 2. The Hall–Kier alpha value is -0.840. The van der Waals surface area contributed by atoms with Crippen LogP contribution in [0, 0.1) is 12.8 Å². The highest BCUT2D eigenvalue weighted by molar-refractivity contribution is 7.90. The molecule has 0 aliphatic rings. The van der Waals surface area contributed by atoms with E-state index in [0.717, 1.165) is 6.54 Å². The Labute approximate surface area is 84.9 Å². The molecule has 80 valence electrons. The fourth-order valence-electron chi connectivity index (χ4n) is 1.33. The van der Waals surface area contributed by atoms with Crippen molar-refractivity contribution in [3.63, 3.8) is 0 Å². The van der Waals surface area contributed by atoms with E-state index in [1.807, 2.05) is 0 Å². The molecule has 0 aliphatic heterocycles. The fourth-order valence-corrected chi connectivity index (χ4v) is 2.22. The van der Waals surface area contributed by atoms with Gasteiger partial charge in [-0.3, -0.25) is 4.68 Å². The molecule has 1 aromatic rings. The standard InChI is InChI=1S/C9H16N2O2S/c1-7(2)5-11-6-9(8(3)10-11)14(4,12)13/h6-7H,5H2,1-4H3. The maximum absolute atomic E-state index is 11.3. The second-order valence-corrected chi connectivity index (χ2v) is 5.95. The molecule has 0 saturated heterocycles. The van der Waals surface area contributed by atoms with Crippen LogP contribution in [0.5, 0.6) is 0 Å². The molecule has 14 heavy (non-hydrogen) atoms. The van der Waals surface area contributed by atoms with Crippen LogP contribution >= 0.6 is 0 Å². The third-order valence-electron chi connectivity index (χ3n) is 1.85. The Bertz CT molecular complexity index is 418. The van der Waals surface area contributed by atoms with E-state index in [1.165, 1.54) is 6.26 Å². The summed E-state index contributed by atoms with van der Waals surface area (Å²) in [5.74, 6) is 0.460. The van der Waals surface area contributed by atoms with Gasteiger partial charge in [-0.25, -0.2) is 8.42 Å². The van der Waals surface area contributed by atoms with Crippen LogP contribution < -0.4 is 0 Å². The molecule has 1 rings (SSSR count). The van der Waals surface area contributed by atoms with Crippen LogP contribution in [-0.2, 0) is 16.4 Å². The van der Waals surface area contributed by atoms with Crippen LogP contribution in [-0.4, -0.2) is 24.5 Å². The lowest BCUT2D eigenvalue weighted by atomic mass is 10.2. The molecule has 0 unspecified atom stereocenters. The number of hydrogen-bond acceptors (Lipinski definition) is 3. The summed E-state index contributed by atoms with van der Waals surface area (Å²) in [5.41, 5.74) is 0.577. The highest BCUT2D eigenvalue weighted by atomic mass is 32.2. The molecule has 5 heteroatoms. The van der Waals surface area contributed by atoms with Gasteiger partial charge in [0.25, 0.3) is 0 Å². The van der Waals surface area contributed by atoms with E-state index in [2.05, 4.69) is 18.9 Å². The van der Waals surface area contributed by atoms with Gasteiger partial charge in [0.1, 0.15) is 4.90 Å². The number of sulfone groups is 1. The van der Waals surface area contributed by atoms with Crippen LogP contribution in [0.3, 0.4) is 0 Å². The molecule has 0 aliphatic carbocycles. The molecule has 0 atom stereocenters. The molecule has 0 bridgehead atoms. The Morgan fingerprint density at radius 2 is 2.07 bits per heavy atom. The predicted octanol–water partition coefficient (Wildman–Crippen LogP) is 1.25. The van der Waals surface area contributed by atoms with Gasteiger partial charge in [-0.15, -0.1) is 0 Å². The molecule has 0 fully saturated rings. The first-order chi connectivity index (χ1) is 6.30. The van der Waals surface area contributed by atoms with Gasteiger partial charge in [-0.05, 0) is 12.8 Å². The van der Waals surface area contributed by atoms with Gasteiger partial charge >= 0.3 is 0 Å². The van der Waals surface area contributed by atoms with Gasteiger partial charge in [0, 0.05) is 19.0 Å². The Kier molecular flexibility index (Phi) is 2.99. The van der Waals surface area contributed by atoms with E-state index < -0.39 is 9.84 Å². The van der Waals surface area contributed by atoms with Crippen molar-refractivity contribution in [2.24, 2.45) is 5.92 Å². The van der Waals surface area contributed by atoms with Gasteiger partial charge in [0.2, 0.25) is 0 Å². The number of rotatable bonds is 3. The monoisotopic (exact) mass is 216 g/mol. The zero-order chi connectivity index (χ0) is 10.9. The summed E-state index contributed by atoms with van der Waals surface area (Å²) in [6, 6.07) is 0. The minimum atomic E-state index is -3.13. The second-order valence-electron chi connectivity index (χ2n) is 3.97. The largest absolute Gasteiger partial charge is 0.271 e. The minimum absolute atomic E-state index is 0.332. The molecule has 0 N–H and O–H groups in total. The summed E-state index contributed by atoms with van der Waals surface area (Å²) in [6.45, 7) is 6.60. The van der Waals surface area contributed by atoms with E-state index in [1.54, 1.807) is 17.8 Å². The van der Waals surface area contributed by atoms with Crippen molar-refractivity contribution in [1.29, 1.82) is 0 Å². The van der Waals surface area contributed by atoms with E-state index in [9.17, 15) is 8.42 Å². The highest BCUT2D eigenvalue weighted by Crippen LogP contribution is 2.13. The lowest BCUT2D eigenvalue weighted by Gasteiger charge is -2.03. The van der Waals surface area contributed by atoms with Crippen molar-refractivity contribution in [2.45, 2.75) is 32.2 Å². The van der Waals surface area contributed by atoms with Gasteiger partial charge in [0.15, 0.2) is 9.84 Å². The average molecular weight is 216 g/mol. The topological polar surface area (TPSA) is 52.0 Å². The molecule has 1 heterocycles. The van der Waals surface area contributed by atoms with E-state index >= 15 is 0 Å². The summed E-state index contributed by atoms with van der Waals surface area (Å²) >= 11 is 0. The molecule has 0 amide bonds. The van der Waals surface area contributed by atoms with E-state index in [0.29, 0.717) is 16.5 Å². The Balaban J connectivity index is 3.06. The quantitative estimate of drug-likeness (QED) is 0.764. The number of aromatic nitrogens is 2. The summed E-state index contributed by atoms with van der Waals surface area (Å²) in [4.78, 5) is 0.332. The molecular formula is C9H16N2O2S. The number of aryl methyl sites for hydroxylation is 1. The lowest BCUT2D eigenvalue weighted by molar-refractivity contribution is 0.480. The molecule has 0 saturated carbocycles. The number of hydrogen-bond donors (Lipinski definition) is 0. The molecule has 0 radical (unpaired) electrons. The normalized spacial score (nSPS) is 12.4. The first kappa shape index (κ1) is 11.2. The second kappa shape index (κ2) is 3.73. The first-order valence-electron chi connectivity index (χ1n) is 4.55. The van der Waals surface area contributed by atoms with Crippen molar-refractivity contribution in [3.8, 4) is 0 Å². The summed E-state index contributed by atoms with van der Waals surface area (Å²) < 4.78 is 24.3. The smallest absolute Gasteiger partial charge is 0.178 e. The third kappa shape index (κ3) is 2.57. The van der Waals surface area contributed by atoms with Crippen LogP contribution in [0.4, 0.5) is 0 Å². The van der Waals surface area contributed by atoms with E-state index in [4.69, 9.17) is 0 Å². The van der Waals surface area contributed by atoms with Crippen LogP contribution in [0.1, 0.15) is 19.5 Å². The van der Waals surface area contributed by atoms with Crippen LogP contribution in [0.15, 0.2) is 11.1 Å². The van der Waals surface area contributed by atoms with Crippen molar-refractivity contribution < 1.29 is 8.42 Å². The maximum atomic E-state index is 11.3. The van der Waals surface area contributed by atoms with Crippen LogP contribution in [0.2, 0.25) is 0 Å². The van der Waals surface area contributed by atoms with Crippen molar-refractivity contribution in [3.05, 3.63) is 11.9 Å². The first-order valence-corrected chi connectivity index (χ1v) is 6.44. The zero-order valence-electron chi connectivity index (χ0n) is 8.98. The van der Waals surface area contributed by atoms with Gasteiger partial charge in [0.05, 0.1) is 5.69 Å². The molecule has 0 spiro atoms. The Morgan fingerprint density at radius 3 is 2.43 bits per heavy atom.